The maximum atomic E-state index is 9.18. The molecule has 0 radical (unpaired) electrons. The predicted octanol–water partition coefficient (Wildman–Crippen LogP) is 5.99. The zero-order valence-electron chi connectivity index (χ0n) is 18.9. The van der Waals surface area contributed by atoms with E-state index in [9.17, 15) is 5.26 Å². The minimum atomic E-state index is 0.685. The molecule has 0 amide bonds. The van der Waals surface area contributed by atoms with Crippen molar-refractivity contribution in [3.05, 3.63) is 83.1 Å². The number of halogens is 1. The number of hydrogen-bond donors (Lipinski definition) is 1. The second kappa shape index (κ2) is 10.5. The van der Waals surface area contributed by atoms with Crippen LogP contribution in [0.2, 0.25) is 5.02 Å². The van der Waals surface area contributed by atoms with Gasteiger partial charge >= 0.3 is 0 Å². The number of aromatic nitrogens is 2. The second-order valence-corrected chi connectivity index (χ2v) is 9.97. The van der Waals surface area contributed by atoms with Gasteiger partial charge in [-0.15, -0.1) is 0 Å². The molecule has 0 unspecified atom stereocenters. The van der Waals surface area contributed by atoms with E-state index in [1.54, 1.807) is 18.0 Å². The Morgan fingerprint density at radius 2 is 1.88 bits per heavy atom. The number of aryl methyl sites for hydroxylation is 1. The predicted molar refractivity (Wildman–Crippen MR) is 140 cm³/mol. The third-order valence-electron chi connectivity index (χ3n) is 6.33. The zero-order valence-corrected chi connectivity index (χ0v) is 20.4. The van der Waals surface area contributed by atoms with E-state index in [4.69, 9.17) is 11.6 Å². The van der Waals surface area contributed by atoms with E-state index in [0.29, 0.717) is 5.02 Å². The molecule has 5 nitrogen and oxygen atoms in total. The van der Waals surface area contributed by atoms with E-state index in [0.717, 1.165) is 66.6 Å². The highest BCUT2D eigenvalue weighted by atomic mass is 35.5. The topological polar surface area (TPSA) is 59.0 Å². The third kappa shape index (κ3) is 5.23. The number of piperazine rings is 1. The normalized spacial score (nSPS) is 14.4. The first-order chi connectivity index (χ1) is 16.7. The summed E-state index contributed by atoms with van der Waals surface area (Å²) in [5.74, 6) is 0. The number of fused-ring (bicyclic) bond motifs is 1. The van der Waals surface area contributed by atoms with Crippen molar-refractivity contribution in [1.29, 1.82) is 5.26 Å². The minimum absolute atomic E-state index is 0.685. The quantitative estimate of drug-likeness (QED) is 0.346. The fourth-order valence-corrected chi connectivity index (χ4v) is 5.47. The van der Waals surface area contributed by atoms with Crippen LogP contribution >= 0.6 is 23.4 Å². The number of nitriles is 1. The fourth-order valence-electron chi connectivity index (χ4n) is 4.46. The largest absolute Gasteiger partial charge is 0.369 e. The number of nitrogens with one attached hydrogen (secondary N) is 1. The Bertz CT molecular complexity index is 1300. The van der Waals surface area contributed by atoms with Crippen LogP contribution in [0, 0.1) is 11.3 Å². The van der Waals surface area contributed by atoms with Crippen LogP contribution in [-0.2, 0) is 6.42 Å². The SMILES string of the molecule is N#Cc1ccc2[nH]cc(CCCN3CCN(c4ccc(Sc5ncccc5Cl)cc4)CC3)c2c1. The summed E-state index contributed by atoms with van der Waals surface area (Å²) in [6, 6.07) is 20.5. The molecule has 7 heteroatoms. The number of aromatic amines is 1. The first-order valence-electron chi connectivity index (χ1n) is 11.6. The number of nitrogens with zero attached hydrogens (tertiary/aromatic N) is 4. The summed E-state index contributed by atoms with van der Waals surface area (Å²) < 4.78 is 0. The summed E-state index contributed by atoms with van der Waals surface area (Å²) in [7, 11) is 0. The number of pyridine rings is 1. The van der Waals surface area contributed by atoms with Gasteiger partial charge in [0.25, 0.3) is 0 Å². The Hall–Kier alpha value is -2.98. The Kier molecular flexibility index (Phi) is 7.05. The average Bonchev–Trinajstić information content (AvgIpc) is 3.28. The molecule has 2 aromatic heterocycles. The summed E-state index contributed by atoms with van der Waals surface area (Å²) in [6.45, 7) is 5.33. The molecule has 1 aliphatic heterocycles. The van der Waals surface area contributed by atoms with Gasteiger partial charge < -0.3 is 9.88 Å². The summed E-state index contributed by atoms with van der Waals surface area (Å²) in [4.78, 5) is 13.8. The Balaban J connectivity index is 1.10. The molecule has 172 valence electrons. The number of rotatable bonds is 7. The number of anilines is 1. The van der Waals surface area contributed by atoms with Crippen molar-refractivity contribution in [3.8, 4) is 6.07 Å². The molecule has 2 aromatic carbocycles. The molecule has 1 N–H and O–H groups in total. The maximum absolute atomic E-state index is 9.18. The van der Waals surface area contributed by atoms with Crippen molar-refractivity contribution >= 4 is 40.0 Å². The van der Waals surface area contributed by atoms with Crippen LogP contribution in [0.1, 0.15) is 17.5 Å². The molecule has 0 saturated carbocycles. The highest BCUT2D eigenvalue weighted by Gasteiger charge is 2.17. The van der Waals surface area contributed by atoms with Crippen LogP contribution in [0.5, 0.6) is 0 Å². The van der Waals surface area contributed by atoms with Crippen LogP contribution in [0.25, 0.3) is 10.9 Å². The zero-order chi connectivity index (χ0) is 23.3. The highest BCUT2D eigenvalue weighted by molar-refractivity contribution is 7.99. The second-order valence-electron chi connectivity index (χ2n) is 8.50. The lowest BCUT2D eigenvalue weighted by Crippen LogP contribution is -2.46. The molecule has 0 spiro atoms. The lowest BCUT2D eigenvalue weighted by Gasteiger charge is -2.36. The molecule has 0 bridgehead atoms. The van der Waals surface area contributed by atoms with Crippen molar-refractivity contribution in [2.75, 3.05) is 37.6 Å². The highest BCUT2D eigenvalue weighted by Crippen LogP contribution is 2.32. The van der Waals surface area contributed by atoms with Crippen molar-refractivity contribution < 1.29 is 0 Å². The Labute approximate surface area is 209 Å². The van der Waals surface area contributed by atoms with Crippen LogP contribution in [0.15, 0.2) is 76.9 Å². The van der Waals surface area contributed by atoms with E-state index in [1.807, 2.05) is 30.3 Å². The van der Waals surface area contributed by atoms with Crippen LogP contribution < -0.4 is 4.90 Å². The van der Waals surface area contributed by atoms with E-state index >= 15 is 0 Å². The molecule has 1 aliphatic rings. The monoisotopic (exact) mass is 487 g/mol. The van der Waals surface area contributed by atoms with Gasteiger partial charge in [0, 0.05) is 60.1 Å². The van der Waals surface area contributed by atoms with E-state index in [2.05, 4.69) is 56.3 Å². The summed E-state index contributed by atoms with van der Waals surface area (Å²) >= 11 is 7.83. The molecule has 34 heavy (non-hydrogen) atoms. The van der Waals surface area contributed by atoms with E-state index in [1.165, 1.54) is 16.6 Å². The van der Waals surface area contributed by atoms with Crippen LogP contribution in [0.4, 0.5) is 5.69 Å². The van der Waals surface area contributed by atoms with Gasteiger partial charge in [-0.05, 0) is 79.5 Å². The molecule has 1 fully saturated rings. The molecule has 4 aromatic rings. The molecule has 5 rings (SSSR count). The molecule has 0 aliphatic carbocycles. The summed E-state index contributed by atoms with van der Waals surface area (Å²) in [5, 5.41) is 11.9. The average molecular weight is 488 g/mol. The van der Waals surface area contributed by atoms with Gasteiger partial charge in [0.15, 0.2) is 0 Å². The molecular formula is C27H26ClN5S. The lowest BCUT2D eigenvalue weighted by atomic mass is 10.1. The first-order valence-corrected chi connectivity index (χ1v) is 12.7. The van der Waals surface area contributed by atoms with Gasteiger partial charge in [-0.1, -0.05) is 23.4 Å². The van der Waals surface area contributed by atoms with Crippen molar-refractivity contribution in [3.63, 3.8) is 0 Å². The third-order valence-corrected chi connectivity index (χ3v) is 7.77. The van der Waals surface area contributed by atoms with Gasteiger partial charge in [0.05, 0.1) is 16.7 Å². The van der Waals surface area contributed by atoms with Crippen LogP contribution in [0.3, 0.4) is 0 Å². The summed E-state index contributed by atoms with van der Waals surface area (Å²) in [6.07, 6.45) is 6.00. The molecule has 1 saturated heterocycles. The smallest absolute Gasteiger partial charge is 0.119 e. The van der Waals surface area contributed by atoms with Crippen LogP contribution in [-0.4, -0.2) is 47.6 Å². The minimum Gasteiger partial charge on any atom is -0.369 e. The molecule has 3 heterocycles. The van der Waals surface area contributed by atoms with Gasteiger partial charge in [-0.3, -0.25) is 4.90 Å². The first kappa shape index (κ1) is 22.8. The summed E-state index contributed by atoms with van der Waals surface area (Å²) in [5.41, 5.74) is 4.39. The Morgan fingerprint density at radius 1 is 1.06 bits per heavy atom. The van der Waals surface area contributed by atoms with Gasteiger partial charge in [0.2, 0.25) is 0 Å². The van der Waals surface area contributed by atoms with Gasteiger partial charge in [0.1, 0.15) is 5.03 Å². The lowest BCUT2D eigenvalue weighted by molar-refractivity contribution is 0.255. The van der Waals surface area contributed by atoms with Crippen molar-refractivity contribution in [1.82, 2.24) is 14.9 Å². The number of hydrogen-bond acceptors (Lipinski definition) is 5. The number of H-pyrrole nitrogens is 1. The van der Waals surface area contributed by atoms with Crippen molar-refractivity contribution in [2.45, 2.75) is 22.8 Å². The maximum Gasteiger partial charge on any atom is 0.119 e. The van der Waals surface area contributed by atoms with E-state index < -0.39 is 0 Å². The number of benzene rings is 2. The van der Waals surface area contributed by atoms with E-state index in [-0.39, 0.29) is 0 Å². The van der Waals surface area contributed by atoms with Crippen molar-refractivity contribution in [2.24, 2.45) is 0 Å². The Morgan fingerprint density at radius 3 is 2.65 bits per heavy atom. The van der Waals surface area contributed by atoms with Gasteiger partial charge in [-0.2, -0.15) is 5.26 Å². The van der Waals surface area contributed by atoms with Gasteiger partial charge in [-0.25, -0.2) is 4.98 Å². The molecule has 0 atom stereocenters. The molecular weight excluding hydrogens is 462 g/mol. The fraction of sp³-hybridized carbons (Fsp3) is 0.259. The standard InChI is InChI=1S/C27H26ClN5S/c28-25-4-1-11-30-27(25)34-23-8-6-22(7-9-23)33-15-13-32(14-16-33)12-2-3-21-19-31-26-10-5-20(18-29)17-24(21)26/h1,4-11,17,19,31H,2-3,12-16H2.